The molecule has 0 N–H and O–H groups in total. The normalized spacial score (nSPS) is 13.7. The average Bonchev–Trinajstić information content (AvgIpc) is 2.14. The van der Waals surface area contributed by atoms with Gasteiger partial charge in [-0.05, 0) is 35.0 Å². The standard InChI is InChI=1S/C6H7BrS2/c1-4(8)5-2-3-6(7)9-5/h2-4,8H,1H3. The smallest absolute Gasteiger partial charge is 0.0701 e. The lowest BCUT2D eigenvalue weighted by Crippen LogP contribution is -1.72. The molecule has 0 saturated heterocycles. The monoisotopic (exact) mass is 222 g/mol. The Morgan fingerprint density at radius 3 is 2.56 bits per heavy atom. The van der Waals surface area contributed by atoms with Crippen molar-refractivity contribution in [3.05, 3.63) is 20.8 Å². The van der Waals surface area contributed by atoms with Crippen molar-refractivity contribution in [1.82, 2.24) is 0 Å². The van der Waals surface area contributed by atoms with Gasteiger partial charge in [0.1, 0.15) is 0 Å². The second-order valence-corrected chi connectivity index (χ2v) is 5.09. The lowest BCUT2D eigenvalue weighted by molar-refractivity contribution is 1.15. The minimum atomic E-state index is 0.362. The fourth-order valence-corrected chi connectivity index (χ4v) is 2.16. The van der Waals surface area contributed by atoms with Crippen molar-refractivity contribution >= 4 is 39.9 Å². The van der Waals surface area contributed by atoms with Gasteiger partial charge in [-0.1, -0.05) is 0 Å². The first-order valence-electron chi connectivity index (χ1n) is 2.63. The fourth-order valence-electron chi connectivity index (χ4n) is 0.553. The van der Waals surface area contributed by atoms with Gasteiger partial charge in [0.05, 0.1) is 3.79 Å². The van der Waals surface area contributed by atoms with Crippen molar-refractivity contribution in [2.24, 2.45) is 0 Å². The van der Waals surface area contributed by atoms with Gasteiger partial charge in [0.25, 0.3) is 0 Å². The van der Waals surface area contributed by atoms with E-state index in [0.29, 0.717) is 5.25 Å². The molecule has 1 heterocycles. The average molecular weight is 223 g/mol. The van der Waals surface area contributed by atoms with Crippen LogP contribution in [0.25, 0.3) is 0 Å². The molecule has 0 saturated carbocycles. The molecule has 0 radical (unpaired) electrons. The molecule has 0 aliphatic rings. The zero-order valence-corrected chi connectivity index (χ0v) is 8.26. The topological polar surface area (TPSA) is 0 Å². The number of hydrogen-bond donors (Lipinski definition) is 1. The zero-order valence-electron chi connectivity index (χ0n) is 4.97. The third-order valence-corrected chi connectivity index (χ3v) is 3.26. The van der Waals surface area contributed by atoms with Crippen LogP contribution in [0, 0.1) is 0 Å². The zero-order chi connectivity index (χ0) is 6.85. The van der Waals surface area contributed by atoms with E-state index in [1.165, 1.54) is 8.66 Å². The first kappa shape index (κ1) is 7.63. The van der Waals surface area contributed by atoms with Crippen molar-refractivity contribution < 1.29 is 0 Å². The van der Waals surface area contributed by atoms with Gasteiger partial charge in [0.2, 0.25) is 0 Å². The van der Waals surface area contributed by atoms with Crippen LogP contribution >= 0.6 is 39.9 Å². The molecule has 0 aliphatic heterocycles. The molecule has 0 fully saturated rings. The van der Waals surface area contributed by atoms with E-state index in [2.05, 4.69) is 41.5 Å². The van der Waals surface area contributed by atoms with E-state index < -0.39 is 0 Å². The molecule has 9 heavy (non-hydrogen) atoms. The van der Waals surface area contributed by atoms with Crippen LogP contribution < -0.4 is 0 Å². The van der Waals surface area contributed by atoms with Crippen molar-refractivity contribution in [2.75, 3.05) is 0 Å². The first-order chi connectivity index (χ1) is 4.20. The van der Waals surface area contributed by atoms with E-state index >= 15 is 0 Å². The number of hydrogen-bond acceptors (Lipinski definition) is 2. The molecule has 0 amide bonds. The molecule has 1 atom stereocenters. The minimum Gasteiger partial charge on any atom is -0.171 e. The molecule has 3 heteroatoms. The maximum absolute atomic E-state index is 4.29. The van der Waals surface area contributed by atoms with Crippen molar-refractivity contribution in [3.63, 3.8) is 0 Å². The quantitative estimate of drug-likeness (QED) is 0.692. The van der Waals surface area contributed by atoms with Crippen molar-refractivity contribution in [2.45, 2.75) is 12.2 Å². The van der Waals surface area contributed by atoms with E-state index in [0.717, 1.165) is 0 Å². The maximum Gasteiger partial charge on any atom is 0.0701 e. The van der Waals surface area contributed by atoms with E-state index in [9.17, 15) is 0 Å². The molecule has 1 unspecified atom stereocenters. The molecular weight excluding hydrogens is 216 g/mol. The highest BCUT2D eigenvalue weighted by Gasteiger charge is 2.00. The Balaban J connectivity index is 2.85. The van der Waals surface area contributed by atoms with E-state index in [-0.39, 0.29) is 0 Å². The molecule has 1 aromatic heterocycles. The molecule has 1 aromatic rings. The predicted molar refractivity (Wildman–Crippen MR) is 49.4 cm³/mol. The summed E-state index contributed by atoms with van der Waals surface area (Å²) in [5, 5.41) is 0.362. The summed E-state index contributed by atoms with van der Waals surface area (Å²) >= 11 is 9.41. The Labute approximate surface area is 72.8 Å². The van der Waals surface area contributed by atoms with Crippen LogP contribution in [0.3, 0.4) is 0 Å². The summed E-state index contributed by atoms with van der Waals surface area (Å²) in [7, 11) is 0. The third-order valence-electron chi connectivity index (χ3n) is 1.01. The Kier molecular flexibility index (Phi) is 2.61. The van der Waals surface area contributed by atoms with Gasteiger partial charge in [-0.3, -0.25) is 0 Å². The molecule has 0 aromatic carbocycles. The Hall–Kier alpha value is 0.530. The molecule has 0 nitrogen and oxygen atoms in total. The van der Waals surface area contributed by atoms with Gasteiger partial charge in [-0.15, -0.1) is 11.3 Å². The number of rotatable bonds is 1. The molecule has 50 valence electrons. The number of thiophene rings is 1. The summed E-state index contributed by atoms with van der Waals surface area (Å²) in [6.07, 6.45) is 0. The summed E-state index contributed by atoms with van der Waals surface area (Å²) in [5.41, 5.74) is 0. The largest absolute Gasteiger partial charge is 0.171 e. The lowest BCUT2D eigenvalue weighted by atomic mass is 10.4. The van der Waals surface area contributed by atoms with E-state index in [1.54, 1.807) is 11.3 Å². The third kappa shape index (κ3) is 1.99. The van der Waals surface area contributed by atoms with Gasteiger partial charge in [-0.25, -0.2) is 0 Å². The van der Waals surface area contributed by atoms with Crippen LogP contribution in [0.1, 0.15) is 17.1 Å². The van der Waals surface area contributed by atoms with E-state index in [4.69, 9.17) is 0 Å². The summed E-state index contributed by atoms with van der Waals surface area (Å²) in [5.74, 6) is 0. The maximum atomic E-state index is 4.29. The van der Waals surface area contributed by atoms with Crippen LogP contribution in [0.5, 0.6) is 0 Å². The van der Waals surface area contributed by atoms with Crippen molar-refractivity contribution in [1.29, 1.82) is 0 Å². The highest BCUT2D eigenvalue weighted by Crippen LogP contribution is 2.29. The molecule has 0 spiro atoms. The van der Waals surface area contributed by atoms with Crippen molar-refractivity contribution in [3.8, 4) is 0 Å². The Bertz CT molecular complexity index is 193. The highest BCUT2D eigenvalue weighted by atomic mass is 79.9. The van der Waals surface area contributed by atoms with Crippen LogP contribution in [-0.2, 0) is 0 Å². The summed E-state index contributed by atoms with van der Waals surface area (Å²) < 4.78 is 1.18. The molecule has 0 aliphatic carbocycles. The first-order valence-corrected chi connectivity index (χ1v) is 4.76. The van der Waals surface area contributed by atoms with Crippen LogP contribution in [-0.4, -0.2) is 0 Å². The molecule has 0 bridgehead atoms. The lowest BCUT2D eigenvalue weighted by Gasteiger charge is -1.95. The Morgan fingerprint density at radius 1 is 1.67 bits per heavy atom. The van der Waals surface area contributed by atoms with Crippen LogP contribution in [0.4, 0.5) is 0 Å². The predicted octanol–water partition coefficient (Wildman–Crippen LogP) is 3.50. The van der Waals surface area contributed by atoms with Gasteiger partial charge in [0, 0.05) is 10.1 Å². The SMILES string of the molecule is CC(S)c1ccc(Br)s1. The molecule has 1 rings (SSSR count). The molecular formula is C6H7BrS2. The van der Waals surface area contributed by atoms with Gasteiger partial charge >= 0.3 is 0 Å². The summed E-state index contributed by atoms with van der Waals surface area (Å²) in [4.78, 5) is 1.31. The summed E-state index contributed by atoms with van der Waals surface area (Å²) in [6, 6.07) is 4.14. The number of halogens is 1. The minimum absolute atomic E-state index is 0.362. The van der Waals surface area contributed by atoms with E-state index in [1.807, 2.05) is 6.07 Å². The fraction of sp³-hybridized carbons (Fsp3) is 0.333. The highest BCUT2D eigenvalue weighted by molar-refractivity contribution is 9.11. The second-order valence-electron chi connectivity index (χ2n) is 1.82. The Morgan fingerprint density at radius 2 is 2.33 bits per heavy atom. The number of thiol groups is 1. The van der Waals surface area contributed by atoms with Crippen LogP contribution in [0.2, 0.25) is 0 Å². The second kappa shape index (κ2) is 3.08. The summed E-state index contributed by atoms with van der Waals surface area (Å²) in [6.45, 7) is 2.07. The van der Waals surface area contributed by atoms with Gasteiger partial charge < -0.3 is 0 Å². The van der Waals surface area contributed by atoms with Gasteiger partial charge in [-0.2, -0.15) is 12.6 Å². The van der Waals surface area contributed by atoms with Gasteiger partial charge in [0.15, 0.2) is 0 Å². The van der Waals surface area contributed by atoms with Crippen LogP contribution in [0.15, 0.2) is 15.9 Å².